The van der Waals surface area contributed by atoms with Gasteiger partial charge in [-0.25, -0.2) is 0 Å². The van der Waals surface area contributed by atoms with E-state index in [-0.39, 0.29) is 0 Å². The summed E-state index contributed by atoms with van der Waals surface area (Å²) in [6, 6.07) is 71.8. The van der Waals surface area contributed by atoms with Gasteiger partial charge in [0.05, 0.1) is 10.8 Å². The standard InChI is InChI=1S/C58H56N2O2/c1-43-37-45(55(61)53(39-43)57(47-23-11-5-12-24-47,48-25-13-6-14-26-48)49-27-15-7-16-28-49)41-59(3)35-36-60(4)42-46-38-44(2)40-54(56(46)62)58(50-29-17-8-18-30-50,51-31-19-9-20-32-51)52-33-21-10-22-34-52/h5-34,37-40,61-62H,35-36,41-42H2,1-4H3. The van der Waals surface area contributed by atoms with Gasteiger partial charge in [0.1, 0.15) is 11.5 Å². The number of benzene rings is 8. The molecule has 0 radical (unpaired) electrons. The molecule has 4 nitrogen and oxygen atoms in total. The van der Waals surface area contributed by atoms with Crippen molar-refractivity contribution in [2.75, 3.05) is 27.2 Å². The van der Waals surface area contributed by atoms with Crippen LogP contribution in [0.2, 0.25) is 0 Å². The van der Waals surface area contributed by atoms with E-state index in [2.05, 4.69) is 208 Å². The summed E-state index contributed by atoms with van der Waals surface area (Å²) in [5.41, 5.74) is 10.7. The second-order valence-electron chi connectivity index (χ2n) is 16.8. The molecule has 0 aromatic heterocycles. The maximum atomic E-state index is 12.5. The highest BCUT2D eigenvalue weighted by Gasteiger charge is 2.42. The first-order valence-electron chi connectivity index (χ1n) is 21.6. The van der Waals surface area contributed by atoms with Gasteiger partial charge in [0, 0.05) is 48.4 Å². The lowest BCUT2D eigenvalue weighted by atomic mass is 9.64. The summed E-state index contributed by atoms with van der Waals surface area (Å²) in [7, 11) is 4.23. The highest BCUT2D eigenvalue weighted by atomic mass is 16.3. The predicted molar refractivity (Wildman–Crippen MR) is 255 cm³/mol. The van der Waals surface area contributed by atoms with Crippen molar-refractivity contribution in [3.63, 3.8) is 0 Å². The topological polar surface area (TPSA) is 46.9 Å². The van der Waals surface area contributed by atoms with Gasteiger partial charge in [-0.2, -0.15) is 0 Å². The highest BCUT2D eigenvalue weighted by Crippen LogP contribution is 2.51. The van der Waals surface area contributed by atoms with Crippen molar-refractivity contribution >= 4 is 0 Å². The van der Waals surface area contributed by atoms with E-state index in [1.807, 2.05) is 36.4 Å². The molecule has 0 aliphatic heterocycles. The van der Waals surface area contributed by atoms with E-state index in [9.17, 15) is 10.2 Å². The van der Waals surface area contributed by atoms with Crippen LogP contribution in [0.4, 0.5) is 0 Å². The number of rotatable bonds is 15. The molecule has 0 spiro atoms. The molecule has 8 aromatic carbocycles. The Morgan fingerprint density at radius 2 is 0.581 bits per heavy atom. The number of phenols is 2. The fraction of sp³-hybridized carbons (Fsp3) is 0.172. The lowest BCUT2D eigenvalue weighted by Crippen LogP contribution is -2.33. The second-order valence-corrected chi connectivity index (χ2v) is 16.8. The van der Waals surface area contributed by atoms with Crippen LogP contribution < -0.4 is 0 Å². The summed E-state index contributed by atoms with van der Waals surface area (Å²) in [6.07, 6.45) is 0. The highest BCUT2D eigenvalue weighted by molar-refractivity contribution is 5.66. The van der Waals surface area contributed by atoms with Crippen LogP contribution in [-0.2, 0) is 23.9 Å². The van der Waals surface area contributed by atoms with E-state index in [0.29, 0.717) is 24.6 Å². The molecule has 310 valence electrons. The molecule has 0 saturated carbocycles. The number of hydrogen-bond acceptors (Lipinski definition) is 4. The first kappa shape index (κ1) is 42.0. The quantitative estimate of drug-likeness (QED) is 0.101. The van der Waals surface area contributed by atoms with E-state index in [4.69, 9.17) is 0 Å². The fourth-order valence-electron chi connectivity index (χ4n) is 9.66. The predicted octanol–water partition coefficient (Wildman–Crippen LogP) is 12.0. The monoisotopic (exact) mass is 812 g/mol. The zero-order valence-corrected chi connectivity index (χ0v) is 36.2. The molecule has 4 heteroatoms. The second kappa shape index (κ2) is 18.5. The van der Waals surface area contributed by atoms with Crippen LogP contribution >= 0.6 is 0 Å². The third-order valence-electron chi connectivity index (χ3n) is 12.5. The molecule has 0 amide bonds. The van der Waals surface area contributed by atoms with Crippen LogP contribution in [0.25, 0.3) is 0 Å². The van der Waals surface area contributed by atoms with Crippen LogP contribution in [0, 0.1) is 13.8 Å². The average molecular weight is 813 g/mol. The van der Waals surface area contributed by atoms with Crippen molar-refractivity contribution in [3.05, 3.63) is 273 Å². The lowest BCUT2D eigenvalue weighted by molar-refractivity contribution is 0.243. The van der Waals surface area contributed by atoms with Crippen LogP contribution in [0.3, 0.4) is 0 Å². The lowest BCUT2D eigenvalue weighted by Gasteiger charge is -2.38. The van der Waals surface area contributed by atoms with Crippen LogP contribution in [0.1, 0.15) is 66.8 Å². The normalized spacial score (nSPS) is 11.9. The zero-order valence-electron chi connectivity index (χ0n) is 36.2. The van der Waals surface area contributed by atoms with Gasteiger partial charge in [-0.3, -0.25) is 0 Å². The third-order valence-corrected chi connectivity index (χ3v) is 12.5. The molecule has 8 aromatic rings. The number of hydrogen-bond donors (Lipinski definition) is 2. The molecule has 0 bridgehead atoms. The van der Waals surface area contributed by atoms with E-state index < -0.39 is 10.8 Å². The molecule has 8 rings (SSSR count). The summed E-state index contributed by atoms with van der Waals surface area (Å²) < 4.78 is 0. The molecular weight excluding hydrogens is 757 g/mol. The number of aromatic hydroxyl groups is 2. The van der Waals surface area contributed by atoms with Gasteiger partial charge < -0.3 is 20.0 Å². The summed E-state index contributed by atoms with van der Waals surface area (Å²) in [6.45, 7) is 6.88. The average Bonchev–Trinajstić information content (AvgIpc) is 3.31. The molecule has 0 unspecified atom stereocenters. The minimum absolute atomic E-state index is 0.309. The number of nitrogens with zero attached hydrogens (tertiary/aromatic N) is 2. The molecule has 2 N–H and O–H groups in total. The minimum Gasteiger partial charge on any atom is -0.507 e. The van der Waals surface area contributed by atoms with Crippen molar-refractivity contribution in [3.8, 4) is 11.5 Å². The third kappa shape index (κ3) is 8.08. The molecule has 0 aliphatic carbocycles. The van der Waals surface area contributed by atoms with E-state index in [1.165, 1.54) is 0 Å². The van der Waals surface area contributed by atoms with Gasteiger partial charge >= 0.3 is 0 Å². The van der Waals surface area contributed by atoms with Gasteiger partial charge in [-0.15, -0.1) is 0 Å². The van der Waals surface area contributed by atoms with Crippen molar-refractivity contribution in [1.82, 2.24) is 9.80 Å². The Hall–Kier alpha value is -6.72. The fourth-order valence-corrected chi connectivity index (χ4v) is 9.66. The summed E-state index contributed by atoms with van der Waals surface area (Å²) >= 11 is 0. The van der Waals surface area contributed by atoms with Crippen LogP contribution in [-0.4, -0.2) is 47.2 Å². The summed E-state index contributed by atoms with van der Waals surface area (Å²) in [5.74, 6) is 0.617. The van der Waals surface area contributed by atoms with Gasteiger partial charge in [0.2, 0.25) is 0 Å². The van der Waals surface area contributed by atoms with Gasteiger partial charge in [-0.1, -0.05) is 217 Å². The molecular formula is C58H56N2O2. The van der Waals surface area contributed by atoms with Crippen molar-refractivity contribution in [2.45, 2.75) is 37.8 Å². The van der Waals surface area contributed by atoms with Gasteiger partial charge in [0.15, 0.2) is 0 Å². The molecule has 0 saturated heterocycles. The SMILES string of the molecule is Cc1cc(CN(C)CCN(C)Cc2cc(C)cc(C(c3ccccc3)(c3ccccc3)c3ccccc3)c2O)c(O)c(C(c2ccccc2)(c2ccccc2)c2ccccc2)c1. The molecule has 62 heavy (non-hydrogen) atoms. The maximum absolute atomic E-state index is 12.5. The zero-order chi connectivity index (χ0) is 43.1. The Morgan fingerprint density at radius 3 is 0.806 bits per heavy atom. The Morgan fingerprint density at radius 1 is 0.355 bits per heavy atom. The van der Waals surface area contributed by atoms with Gasteiger partial charge in [-0.05, 0) is 61.3 Å². The van der Waals surface area contributed by atoms with Gasteiger partial charge in [0.25, 0.3) is 0 Å². The Labute approximate surface area is 368 Å². The minimum atomic E-state index is -0.749. The first-order valence-corrected chi connectivity index (χ1v) is 21.6. The maximum Gasteiger partial charge on any atom is 0.124 e. The smallest absolute Gasteiger partial charge is 0.124 e. The number of likely N-dealkylation sites (N-methyl/N-ethyl adjacent to an activating group) is 2. The largest absolute Gasteiger partial charge is 0.507 e. The summed E-state index contributed by atoms with van der Waals surface area (Å²) in [5, 5.41) is 25.0. The van der Waals surface area contributed by atoms with E-state index in [1.54, 1.807) is 0 Å². The van der Waals surface area contributed by atoms with E-state index >= 15 is 0 Å². The van der Waals surface area contributed by atoms with Crippen LogP contribution in [0.5, 0.6) is 11.5 Å². The van der Waals surface area contributed by atoms with Crippen molar-refractivity contribution < 1.29 is 10.2 Å². The molecule has 0 atom stereocenters. The number of phenolic OH excluding ortho intramolecular Hbond substituents is 2. The molecule has 0 fully saturated rings. The van der Waals surface area contributed by atoms with Crippen molar-refractivity contribution in [2.24, 2.45) is 0 Å². The Bertz CT molecular complexity index is 2300. The Kier molecular flexibility index (Phi) is 12.5. The summed E-state index contributed by atoms with van der Waals surface area (Å²) in [4.78, 5) is 4.55. The van der Waals surface area contributed by atoms with E-state index in [0.717, 1.165) is 79.9 Å². The number of aryl methyl sites for hydroxylation is 2. The van der Waals surface area contributed by atoms with Crippen molar-refractivity contribution in [1.29, 1.82) is 0 Å². The van der Waals surface area contributed by atoms with Crippen LogP contribution in [0.15, 0.2) is 206 Å². The Balaban J connectivity index is 1.09. The first-order chi connectivity index (χ1) is 30.2. The molecule has 0 aliphatic rings. The molecule has 0 heterocycles.